The highest BCUT2D eigenvalue weighted by molar-refractivity contribution is 5.67. The van der Waals surface area contributed by atoms with Crippen LogP contribution in [0, 0.1) is 0 Å². The minimum absolute atomic E-state index is 0.301. The smallest absolute Gasteiger partial charge is 0.0552 e. The fraction of sp³-hybridized carbons (Fsp3) is 0.200. The van der Waals surface area contributed by atoms with Crippen molar-refractivity contribution in [3.63, 3.8) is 0 Å². The Morgan fingerprint density at radius 2 is 1.56 bits per heavy atom. The Labute approximate surface area is 96.4 Å². The third kappa shape index (κ3) is 2.50. The van der Waals surface area contributed by atoms with Crippen LogP contribution in [0.15, 0.2) is 54.6 Å². The molecular formula is C15H16O. The van der Waals surface area contributed by atoms with Gasteiger partial charge in [-0.25, -0.2) is 0 Å². The third-order valence-electron chi connectivity index (χ3n) is 2.62. The summed E-state index contributed by atoms with van der Waals surface area (Å²) in [6.45, 7) is 1.82. The van der Waals surface area contributed by atoms with Gasteiger partial charge < -0.3 is 5.11 Å². The molecule has 2 rings (SSSR count). The van der Waals surface area contributed by atoms with E-state index in [-0.39, 0.29) is 6.10 Å². The van der Waals surface area contributed by atoms with Crippen LogP contribution in [0.25, 0.3) is 11.1 Å². The third-order valence-corrected chi connectivity index (χ3v) is 2.62. The summed E-state index contributed by atoms with van der Waals surface area (Å²) in [6, 6.07) is 18.5. The van der Waals surface area contributed by atoms with Crippen LogP contribution < -0.4 is 0 Å². The highest BCUT2D eigenvalue weighted by Crippen LogP contribution is 2.24. The van der Waals surface area contributed by atoms with Gasteiger partial charge in [0.05, 0.1) is 6.10 Å². The van der Waals surface area contributed by atoms with Gasteiger partial charge in [0.2, 0.25) is 0 Å². The van der Waals surface area contributed by atoms with Gasteiger partial charge in [-0.3, -0.25) is 0 Å². The minimum Gasteiger partial charge on any atom is -0.393 e. The molecule has 0 aromatic heterocycles. The van der Waals surface area contributed by atoms with Gasteiger partial charge >= 0.3 is 0 Å². The van der Waals surface area contributed by atoms with Crippen molar-refractivity contribution in [3.8, 4) is 11.1 Å². The standard InChI is InChI=1S/C15H16O/c1-12(16)11-14-9-5-6-10-15(14)13-7-3-2-4-8-13/h2-10,12,16H,11H2,1H3/t12-/m1/s1. The van der Waals surface area contributed by atoms with E-state index >= 15 is 0 Å². The second-order valence-electron chi connectivity index (χ2n) is 4.08. The molecule has 0 saturated heterocycles. The second kappa shape index (κ2) is 4.95. The van der Waals surface area contributed by atoms with E-state index in [1.54, 1.807) is 0 Å². The fourth-order valence-corrected chi connectivity index (χ4v) is 1.92. The molecule has 0 heterocycles. The van der Waals surface area contributed by atoms with Crippen molar-refractivity contribution in [2.24, 2.45) is 0 Å². The maximum atomic E-state index is 9.48. The van der Waals surface area contributed by atoms with Crippen LogP contribution in [-0.2, 0) is 6.42 Å². The van der Waals surface area contributed by atoms with Crippen molar-refractivity contribution in [1.29, 1.82) is 0 Å². The lowest BCUT2D eigenvalue weighted by atomic mass is 9.96. The van der Waals surface area contributed by atoms with E-state index in [0.717, 1.165) is 0 Å². The second-order valence-corrected chi connectivity index (χ2v) is 4.08. The molecule has 0 saturated carbocycles. The molecule has 1 nitrogen and oxygen atoms in total. The molecule has 1 heteroatoms. The SMILES string of the molecule is C[C@@H](O)Cc1ccccc1-c1ccccc1. The summed E-state index contributed by atoms with van der Waals surface area (Å²) in [4.78, 5) is 0. The molecular weight excluding hydrogens is 196 g/mol. The highest BCUT2D eigenvalue weighted by Gasteiger charge is 2.06. The van der Waals surface area contributed by atoms with Crippen molar-refractivity contribution in [2.45, 2.75) is 19.4 Å². The fourth-order valence-electron chi connectivity index (χ4n) is 1.92. The van der Waals surface area contributed by atoms with Gasteiger partial charge in [-0.05, 0) is 30.0 Å². The molecule has 0 unspecified atom stereocenters. The molecule has 82 valence electrons. The van der Waals surface area contributed by atoms with Gasteiger partial charge in [-0.1, -0.05) is 54.6 Å². The molecule has 0 aliphatic rings. The van der Waals surface area contributed by atoms with Crippen molar-refractivity contribution < 1.29 is 5.11 Å². The monoisotopic (exact) mass is 212 g/mol. The first-order valence-corrected chi connectivity index (χ1v) is 5.59. The predicted molar refractivity (Wildman–Crippen MR) is 67.3 cm³/mol. The molecule has 0 amide bonds. The molecule has 0 spiro atoms. The molecule has 0 bridgehead atoms. The van der Waals surface area contributed by atoms with Gasteiger partial charge in [-0.2, -0.15) is 0 Å². The Kier molecular flexibility index (Phi) is 3.37. The highest BCUT2D eigenvalue weighted by atomic mass is 16.3. The first kappa shape index (κ1) is 10.9. The maximum absolute atomic E-state index is 9.48. The summed E-state index contributed by atoms with van der Waals surface area (Å²) < 4.78 is 0. The maximum Gasteiger partial charge on any atom is 0.0552 e. The van der Waals surface area contributed by atoms with Crippen molar-refractivity contribution in [1.82, 2.24) is 0 Å². The minimum atomic E-state index is -0.301. The van der Waals surface area contributed by atoms with E-state index in [4.69, 9.17) is 0 Å². The van der Waals surface area contributed by atoms with Crippen molar-refractivity contribution >= 4 is 0 Å². The lowest BCUT2D eigenvalue weighted by Crippen LogP contribution is -2.05. The zero-order valence-electron chi connectivity index (χ0n) is 9.43. The van der Waals surface area contributed by atoms with E-state index in [1.165, 1.54) is 16.7 Å². The lowest BCUT2D eigenvalue weighted by Gasteiger charge is -2.11. The van der Waals surface area contributed by atoms with Gasteiger partial charge in [0.25, 0.3) is 0 Å². The quantitative estimate of drug-likeness (QED) is 0.827. The Balaban J connectivity index is 2.41. The molecule has 2 aromatic carbocycles. The summed E-state index contributed by atoms with van der Waals surface area (Å²) in [5, 5.41) is 9.48. The van der Waals surface area contributed by atoms with Gasteiger partial charge in [0.1, 0.15) is 0 Å². The van der Waals surface area contributed by atoms with Crippen LogP contribution in [0.5, 0.6) is 0 Å². The largest absolute Gasteiger partial charge is 0.393 e. The normalized spacial score (nSPS) is 12.4. The van der Waals surface area contributed by atoms with Crippen LogP contribution in [0.4, 0.5) is 0 Å². The number of hydrogen-bond donors (Lipinski definition) is 1. The molecule has 0 aliphatic carbocycles. The van der Waals surface area contributed by atoms with E-state index in [2.05, 4.69) is 24.3 Å². The summed E-state index contributed by atoms with van der Waals surface area (Å²) in [6.07, 6.45) is 0.398. The molecule has 0 radical (unpaired) electrons. The summed E-state index contributed by atoms with van der Waals surface area (Å²) >= 11 is 0. The first-order valence-electron chi connectivity index (χ1n) is 5.59. The van der Waals surface area contributed by atoms with Crippen LogP contribution in [0.1, 0.15) is 12.5 Å². The predicted octanol–water partition coefficient (Wildman–Crippen LogP) is 3.28. The lowest BCUT2D eigenvalue weighted by molar-refractivity contribution is 0.195. The molecule has 1 N–H and O–H groups in total. The zero-order valence-corrected chi connectivity index (χ0v) is 9.43. The Morgan fingerprint density at radius 1 is 0.938 bits per heavy atom. The van der Waals surface area contributed by atoms with E-state index in [0.29, 0.717) is 6.42 Å². The Hall–Kier alpha value is -1.60. The number of rotatable bonds is 3. The van der Waals surface area contributed by atoms with Gasteiger partial charge in [0, 0.05) is 0 Å². The first-order chi connectivity index (χ1) is 7.77. The van der Waals surface area contributed by atoms with Crippen LogP contribution in [0.3, 0.4) is 0 Å². The molecule has 1 atom stereocenters. The number of aliphatic hydroxyl groups excluding tert-OH is 1. The molecule has 16 heavy (non-hydrogen) atoms. The summed E-state index contributed by atoms with van der Waals surface area (Å²) in [5.41, 5.74) is 3.62. The van der Waals surface area contributed by atoms with E-state index < -0.39 is 0 Å². The zero-order chi connectivity index (χ0) is 11.4. The van der Waals surface area contributed by atoms with Crippen molar-refractivity contribution in [3.05, 3.63) is 60.2 Å². The Morgan fingerprint density at radius 3 is 2.25 bits per heavy atom. The van der Waals surface area contributed by atoms with E-state index in [1.807, 2.05) is 37.3 Å². The summed E-state index contributed by atoms with van der Waals surface area (Å²) in [7, 11) is 0. The molecule has 2 aromatic rings. The summed E-state index contributed by atoms with van der Waals surface area (Å²) in [5.74, 6) is 0. The molecule has 0 aliphatic heterocycles. The van der Waals surface area contributed by atoms with Crippen LogP contribution >= 0.6 is 0 Å². The topological polar surface area (TPSA) is 20.2 Å². The number of aliphatic hydroxyl groups is 1. The molecule has 0 fully saturated rings. The van der Waals surface area contributed by atoms with E-state index in [9.17, 15) is 5.11 Å². The van der Waals surface area contributed by atoms with Crippen LogP contribution in [-0.4, -0.2) is 11.2 Å². The van der Waals surface area contributed by atoms with Crippen molar-refractivity contribution in [2.75, 3.05) is 0 Å². The number of hydrogen-bond acceptors (Lipinski definition) is 1. The number of benzene rings is 2. The van der Waals surface area contributed by atoms with Crippen LogP contribution in [0.2, 0.25) is 0 Å². The average Bonchev–Trinajstić information content (AvgIpc) is 2.30. The van der Waals surface area contributed by atoms with Gasteiger partial charge in [0.15, 0.2) is 0 Å². The van der Waals surface area contributed by atoms with Gasteiger partial charge in [-0.15, -0.1) is 0 Å². The average molecular weight is 212 g/mol. The Bertz CT molecular complexity index is 446.